The van der Waals surface area contributed by atoms with Gasteiger partial charge in [0.2, 0.25) is 0 Å². The van der Waals surface area contributed by atoms with Crippen LogP contribution in [0.1, 0.15) is 25.0 Å². The number of hydrogen-bond donors (Lipinski definition) is 2. The van der Waals surface area contributed by atoms with Crippen LogP contribution in [0.3, 0.4) is 0 Å². The lowest BCUT2D eigenvalue weighted by atomic mass is 9.84. The van der Waals surface area contributed by atoms with E-state index < -0.39 is 0 Å². The molecular formula is C21H29N3O2. The predicted octanol–water partition coefficient (Wildman–Crippen LogP) is 3.35. The highest BCUT2D eigenvalue weighted by molar-refractivity contribution is 5.79. The number of nitrogens with zero attached hydrogens (tertiary/aromatic N) is 1. The lowest BCUT2D eigenvalue weighted by Gasteiger charge is -2.27. The second-order valence-corrected chi connectivity index (χ2v) is 6.70. The second kappa shape index (κ2) is 9.13. The molecule has 0 bridgehead atoms. The molecule has 140 valence electrons. The molecule has 0 radical (unpaired) electrons. The monoisotopic (exact) mass is 355 g/mol. The van der Waals surface area contributed by atoms with Crippen molar-refractivity contribution in [2.45, 2.75) is 25.8 Å². The van der Waals surface area contributed by atoms with Gasteiger partial charge in [0.15, 0.2) is 5.96 Å². The number of guanidine groups is 1. The first-order valence-corrected chi connectivity index (χ1v) is 8.71. The van der Waals surface area contributed by atoms with Crippen LogP contribution in [-0.2, 0) is 12.0 Å². The third kappa shape index (κ3) is 5.15. The molecule has 0 aromatic heterocycles. The van der Waals surface area contributed by atoms with Gasteiger partial charge < -0.3 is 20.1 Å². The predicted molar refractivity (Wildman–Crippen MR) is 107 cm³/mol. The molecule has 0 unspecified atom stereocenters. The first kappa shape index (κ1) is 19.6. The lowest BCUT2D eigenvalue weighted by Crippen LogP contribution is -2.43. The molecule has 5 heteroatoms. The molecule has 0 saturated heterocycles. The van der Waals surface area contributed by atoms with Crippen molar-refractivity contribution in [3.8, 4) is 11.5 Å². The zero-order chi connectivity index (χ0) is 19.0. The molecule has 5 nitrogen and oxygen atoms in total. The Balaban J connectivity index is 1.94. The zero-order valence-electron chi connectivity index (χ0n) is 16.3. The van der Waals surface area contributed by atoms with Crippen LogP contribution < -0.4 is 20.1 Å². The van der Waals surface area contributed by atoms with Gasteiger partial charge in [-0.3, -0.25) is 4.99 Å². The summed E-state index contributed by atoms with van der Waals surface area (Å²) in [5, 5.41) is 6.75. The molecule has 0 fully saturated rings. The minimum atomic E-state index is -0.0473. The van der Waals surface area contributed by atoms with Crippen molar-refractivity contribution in [1.29, 1.82) is 0 Å². The Morgan fingerprint density at radius 1 is 0.962 bits per heavy atom. The van der Waals surface area contributed by atoms with Gasteiger partial charge in [-0.2, -0.15) is 0 Å². The first-order valence-electron chi connectivity index (χ1n) is 8.71. The van der Waals surface area contributed by atoms with Crippen molar-refractivity contribution in [3.63, 3.8) is 0 Å². The second-order valence-electron chi connectivity index (χ2n) is 6.70. The normalized spacial score (nSPS) is 11.8. The van der Waals surface area contributed by atoms with Gasteiger partial charge in [-0.05, 0) is 23.8 Å². The maximum Gasteiger partial charge on any atom is 0.191 e. The van der Waals surface area contributed by atoms with E-state index in [1.807, 2.05) is 36.4 Å². The van der Waals surface area contributed by atoms with Crippen LogP contribution in [-0.4, -0.2) is 33.8 Å². The third-order valence-corrected chi connectivity index (χ3v) is 4.43. The zero-order valence-corrected chi connectivity index (χ0v) is 16.3. The molecule has 26 heavy (non-hydrogen) atoms. The van der Waals surface area contributed by atoms with Gasteiger partial charge in [-0.25, -0.2) is 0 Å². The number of aliphatic imine (C=N–C) groups is 1. The topological polar surface area (TPSA) is 54.9 Å². The molecule has 0 aliphatic carbocycles. The third-order valence-electron chi connectivity index (χ3n) is 4.43. The summed E-state index contributed by atoms with van der Waals surface area (Å²) in [5.74, 6) is 2.50. The number of nitrogens with one attached hydrogen (secondary N) is 2. The largest absolute Gasteiger partial charge is 0.497 e. The Hall–Kier alpha value is -2.69. The van der Waals surface area contributed by atoms with Crippen LogP contribution in [0.2, 0.25) is 0 Å². The van der Waals surface area contributed by atoms with E-state index in [9.17, 15) is 0 Å². The summed E-state index contributed by atoms with van der Waals surface area (Å²) in [5.41, 5.74) is 2.28. The number of ether oxygens (including phenoxy) is 2. The minimum Gasteiger partial charge on any atom is -0.497 e. The highest BCUT2D eigenvalue weighted by Crippen LogP contribution is 2.24. The molecule has 2 rings (SSSR count). The first-order chi connectivity index (χ1) is 12.5. The van der Waals surface area contributed by atoms with E-state index in [-0.39, 0.29) is 5.41 Å². The summed E-state index contributed by atoms with van der Waals surface area (Å²) in [7, 11) is 5.14. The average Bonchev–Trinajstić information content (AvgIpc) is 2.68. The molecule has 0 aliphatic rings. The Kier molecular flexibility index (Phi) is 6.89. The van der Waals surface area contributed by atoms with Gasteiger partial charge >= 0.3 is 0 Å². The van der Waals surface area contributed by atoms with Crippen molar-refractivity contribution < 1.29 is 9.47 Å². The summed E-state index contributed by atoms with van der Waals surface area (Å²) in [6.07, 6.45) is 0. The molecule has 2 aromatic rings. The Labute approximate surface area is 156 Å². The summed E-state index contributed by atoms with van der Waals surface area (Å²) >= 11 is 0. The molecule has 0 aliphatic heterocycles. The number of para-hydroxylation sites is 1. The number of rotatable bonds is 7. The fourth-order valence-corrected chi connectivity index (χ4v) is 2.70. The van der Waals surface area contributed by atoms with Gasteiger partial charge in [0.25, 0.3) is 0 Å². The van der Waals surface area contributed by atoms with E-state index >= 15 is 0 Å². The Morgan fingerprint density at radius 3 is 2.27 bits per heavy atom. The van der Waals surface area contributed by atoms with Crippen LogP contribution >= 0.6 is 0 Å². The van der Waals surface area contributed by atoms with E-state index in [1.54, 1.807) is 21.3 Å². The molecule has 0 amide bonds. The van der Waals surface area contributed by atoms with E-state index in [0.717, 1.165) is 29.6 Å². The van der Waals surface area contributed by atoms with E-state index in [2.05, 4.69) is 41.6 Å². The number of hydrogen-bond acceptors (Lipinski definition) is 3. The van der Waals surface area contributed by atoms with Crippen LogP contribution in [0.15, 0.2) is 53.5 Å². The average molecular weight is 355 g/mol. The highest BCUT2D eigenvalue weighted by atomic mass is 16.5. The molecule has 0 atom stereocenters. The number of benzene rings is 2. The van der Waals surface area contributed by atoms with Gasteiger partial charge in [0.1, 0.15) is 11.5 Å². The van der Waals surface area contributed by atoms with Gasteiger partial charge in [-0.1, -0.05) is 44.2 Å². The van der Waals surface area contributed by atoms with Crippen LogP contribution in [0.25, 0.3) is 0 Å². The summed E-state index contributed by atoms with van der Waals surface area (Å²) in [6.45, 7) is 5.81. The lowest BCUT2D eigenvalue weighted by molar-refractivity contribution is 0.409. The molecule has 2 aromatic carbocycles. The smallest absolute Gasteiger partial charge is 0.191 e. The molecule has 0 saturated carbocycles. The number of methoxy groups -OCH3 is 2. The Morgan fingerprint density at radius 2 is 1.65 bits per heavy atom. The SMILES string of the molecule is CN=C(NCc1ccccc1OC)NCC(C)(C)c1ccc(OC)cc1. The van der Waals surface area contributed by atoms with Gasteiger partial charge in [-0.15, -0.1) is 0 Å². The standard InChI is InChI=1S/C21H29N3O2/c1-21(2,17-10-12-18(25-4)13-11-17)15-24-20(22-3)23-14-16-8-6-7-9-19(16)26-5/h6-13H,14-15H2,1-5H3,(H2,22,23,24). The molecule has 0 spiro atoms. The van der Waals surface area contributed by atoms with Crippen molar-refractivity contribution in [1.82, 2.24) is 10.6 Å². The van der Waals surface area contributed by atoms with Crippen LogP contribution in [0, 0.1) is 0 Å². The molecule has 2 N–H and O–H groups in total. The fraction of sp³-hybridized carbons (Fsp3) is 0.381. The summed E-state index contributed by atoms with van der Waals surface area (Å²) < 4.78 is 10.6. The van der Waals surface area contributed by atoms with E-state index in [4.69, 9.17) is 9.47 Å². The van der Waals surface area contributed by atoms with Crippen molar-refractivity contribution in [2.75, 3.05) is 27.8 Å². The maximum atomic E-state index is 5.39. The van der Waals surface area contributed by atoms with Crippen molar-refractivity contribution >= 4 is 5.96 Å². The Bertz CT molecular complexity index is 724. The van der Waals surface area contributed by atoms with E-state index in [0.29, 0.717) is 6.54 Å². The van der Waals surface area contributed by atoms with Crippen molar-refractivity contribution in [3.05, 3.63) is 59.7 Å². The summed E-state index contributed by atoms with van der Waals surface area (Å²) in [6, 6.07) is 16.2. The quantitative estimate of drug-likeness (QED) is 0.591. The van der Waals surface area contributed by atoms with Crippen LogP contribution in [0.5, 0.6) is 11.5 Å². The highest BCUT2D eigenvalue weighted by Gasteiger charge is 2.21. The molecule has 0 heterocycles. The maximum absolute atomic E-state index is 5.39. The van der Waals surface area contributed by atoms with E-state index in [1.165, 1.54) is 5.56 Å². The van der Waals surface area contributed by atoms with Gasteiger partial charge in [0.05, 0.1) is 14.2 Å². The van der Waals surface area contributed by atoms with Gasteiger partial charge in [0, 0.05) is 31.1 Å². The van der Waals surface area contributed by atoms with Crippen molar-refractivity contribution in [2.24, 2.45) is 4.99 Å². The molecular weight excluding hydrogens is 326 g/mol. The van der Waals surface area contributed by atoms with Crippen LogP contribution in [0.4, 0.5) is 0 Å². The minimum absolute atomic E-state index is 0.0473. The summed E-state index contributed by atoms with van der Waals surface area (Å²) in [4.78, 5) is 4.32. The fourth-order valence-electron chi connectivity index (χ4n) is 2.70.